The van der Waals surface area contributed by atoms with E-state index in [-0.39, 0.29) is 109 Å². The van der Waals surface area contributed by atoms with E-state index >= 15 is 0 Å². The van der Waals surface area contributed by atoms with Crippen LogP contribution in [0.2, 0.25) is 0 Å². The Morgan fingerprint density at radius 2 is 0.989 bits per heavy atom. The number of aromatic carboxylic acids is 2. The molecule has 0 aromatic heterocycles. The number of carboxylic acid groups (broad SMARTS) is 2. The van der Waals surface area contributed by atoms with Crippen molar-refractivity contribution < 1.29 is 154 Å². The summed E-state index contributed by atoms with van der Waals surface area (Å²) < 4.78 is 73.2. The van der Waals surface area contributed by atoms with Gasteiger partial charge in [0.15, 0.2) is 0 Å². The number of ether oxygens (including phenoxy) is 6. The third-order valence-corrected chi connectivity index (χ3v) is 13.2. The Bertz CT molecular complexity index is 3530. The first-order valence-corrected chi connectivity index (χ1v) is 28.3. The topological polar surface area (TPSA) is 346 Å². The van der Waals surface area contributed by atoms with Crippen LogP contribution in [0.5, 0.6) is 23.0 Å². The second-order valence-electron chi connectivity index (χ2n) is 17.9. The molecule has 6 rings (SSSR count). The average molecular weight is 1270 g/mol. The summed E-state index contributed by atoms with van der Waals surface area (Å²) in [4.78, 5) is 70.1. The Labute approximate surface area is 555 Å². The van der Waals surface area contributed by atoms with E-state index in [2.05, 4.69) is 43.0 Å². The van der Waals surface area contributed by atoms with Crippen molar-refractivity contribution in [1.29, 1.82) is 0 Å². The molecule has 88 heavy (non-hydrogen) atoms. The summed E-state index contributed by atoms with van der Waals surface area (Å²) in [5.41, 5.74) is 1.09. The third-order valence-electron chi connectivity index (χ3n) is 11.7. The third kappa shape index (κ3) is 25.3. The molecule has 28 heteroatoms. The van der Waals surface area contributed by atoms with Gasteiger partial charge in [0.25, 0.3) is 0 Å². The number of hydrogen-bond acceptors (Lipinski definition) is 23. The van der Waals surface area contributed by atoms with Crippen LogP contribution in [0.4, 0.5) is 17.1 Å². The number of carbonyl (C=O) groups is 6. The first-order chi connectivity index (χ1) is 41.3. The minimum Gasteiger partial charge on any atom is -0.744 e. The van der Waals surface area contributed by atoms with Crippen molar-refractivity contribution in [2.45, 2.75) is 68.1 Å². The molecule has 0 amide bonds. The van der Waals surface area contributed by atoms with Crippen LogP contribution in [0.3, 0.4) is 0 Å². The minimum atomic E-state index is -5.10. The van der Waals surface area contributed by atoms with E-state index in [1.54, 1.807) is 49.4 Å². The molecular weight excluding hydrogens is 1210 g/mol. The Morgan fingerprint density at radius 1 is 0.557 bits per heavy atom. The maximum absolute atomic E-state index is 12.9. The van der Waals surface area contributed by atoms with E-state index in [0.717, 1.165) is 81.2 Å². The van der Waals surface area contributed by atoms with Crippen LogP contribution in [-0.2, 0) is 38.6 Å². The van der Waals surface area contributed by atoms with Crippen LogP contribution in [0.1, 0.15) is 98.4 Å². The van der Waals surface area contributed by atoms with Crippen molar-refractivity contribution in [1.82, 2.24) is 0 Å². The molecule has 0 aliphatic heterocycles. The zero-order chi connectivity index (χ0) is 62.4. The number of carboxylic acids is 2. The first-order valence-electron chi connectivity index (χ1n) is 26.1. The summed E-state index contributed by atoms with van der Waals surface area (Å²) in [6.45, 7) is 10.1. The van der Waals surface area contributed by atoms with Gasteiger partial charge in [-0.2, -0.15) is 24.8 Å². The standard InChI is InChI=1S/C36H34N4O13S2.C24H26O7.2Na/c1-3-34(41)50-19-7-5-4-6-18-49-27-13-8-23(9-14-27)36(44)51-31-17-12-24(20-30(31)35(42)43)39-40-26-11-16-29(33(22-26)55(46,47)48)28-15-10-25(38-37-2)21-32(28)54-53-52-45;1-3-22(25)30-15-7-5-4-6-14-29-19-11-9-18(10-12-19)24(28)31-21-13-8-17(2)16-20(21)23(26)27;;/h3,8-17,20-22,45H,1,4-7,18-19H2,2H3,(H,42,43)(H,46,47,48);3,8-13,16H,1,4-7,14-15H2,2H3,(H,26,27);;/q;;2*+1/p-2. The first kappa shape index (κ1) is 74.8. The molecule has 0 aliphatic carbocycles. The van der Waals surface area contributed by atoms with E-state index in [4.69, 9.17) is 28.4 Å². The molecule has 0 atom stereocenters. The van der Waals surface area contributed by atoms with Crippen LogP contribution in [0.15, 0.2) is 177 Å². The van der Waals surface area contributed by atoms with Crippen molar-refractivity contribution >= 4 is 75.0 Å². The minimum absolute atomic E-state index is 0. The molecule has 0 radical (unpaired) electrons. The largest absolute Gasteiger partial charge is 1.00 e. The Kier molecular flexibility index (Phi) is 33.5. The summed E-state index contributed by atoms with van der Waals surface area (Å²) in [5.74, 6) is -4.05. The molecule has 0 aliphatic rings. The summed E-state index contributed by atoms with van der Waals surface area (Å²) in [6.07, 6.45) is 9.00. The number of hydrogen-bond donors (Lipinski definition) is 2. The molecule has 6 aromatic carbocycles. The molecule has 0 bridgehead atoms. The van der Waals surface area contributed by atoms with Crippen LogP contribution < -0.4 is 83.3 Å². The van der Waals surface area contributed by atoms with E-state index < -0.39 is 56.4 Å². The van der Waals surface area contributed by atoms with Crippen molar-refractivity contribution in [3.63, 3.8) is 0 Å². The molecule has 0 spiro atoms. The summed E-state index contributed by atoms with van der Waals surface area (Å²) >= 11 is 0.456. The van der Waals surface area contributed by atoms with Gasteiger partial charge >= 0.3 is 94.9 Å². The van der Waals surface area contributed by atoms with Crippen LogP contribution in [0, 0.1) is 6.92 Å². The molecular formula is C60H58N4Na2O20S2. The monoisotopic (exact) mass is 1260 g/mol. The van der Waals surface area contributed by atoms with Crippen LogP contribution in [-0.4, -0.2) is 92.5 Å². The number of rotatable bonds is 32. The van der Waals surface area contributed by atoms with Crippen molar-refractivity contribution in [3.05, 3.63) is 174 Å². The molecule has 0 unspecified atom stereocenters. The van der Waals surface area contributed by atoms with Crippen molar-refractivity contribution in [2.24, 2.45) is 20.5 Å². The van der Waals surface area contributed by atoms with Gasteiger partial charge in [0.05, 0.1) is 71.6 Å². The smallest absolute Gasteiger partial charge is 0.744 e. The maximum Gasteiger partial charge on any atom is 1.00 e. The van der Waals surface area contributed by atoms with Gasteiger partial charge in [-0.05, 0) is 167 Å². The molecule has 0 heterocycles. The zero-order valence-corrected chi connectivity index (χ0v) is 54.1. The zero-order valence-electron chi connectivity index (χ0n) is 48.4. The number of unbranched alkanes of at least 4 members (excludes halogenated alkanes) is 6. The molecule has 24 nitrogen and oxygen atoms in total. The molecule has 0 saturated carbocycles. The predicted octanol–water partition coefficient (Wildman–Crippen LogP) is 5.79. The maximum atomic E-state index is 12.9. The Hall–Kier alpha value is -7.44. The molecule has 0 fully saturated rings. The number of aryl methyl sites for hydroxylation is 1. The number of carbonyl (C=O) groups excluding carboxylic acids is 4. The van der Waals surface area contributed by atoms with Gasteiger partial charge in [-0.3, -0.25) is 5.04 Å². The van der Waals surface area contributed by atoms with Gasteiger partial charge < -0.3 is 48.4 Å². The average Bonchev–Trinajstić information content (AvgIpc) is 2.26. The van der Waals surface area contributed by atoms with Crippen molar-refractivity contribution in [2.75, 3.05) is 33.5 Å². The number of benzene rings is 6. The van der Waals surface area contributed by atoms with Gasteiger partial charge in [0, 0.05) is 29.7 Å². The predicted molar refractivity (Wildman–Crippen MR) is 307 cm³/mol. The fraction of sp³-hybridized carbons (Fsp3) is 0.233. The fourth-order valence-corrected chi connectivity index (χ4v) is 8.79. The number of azo groups is 2. The summed E-state index contributed by atoms with van der Waals surface area (Å²) in [7, 11) is -3.67. The summed E-state index contributed by atoms with van der Waals surface area (Å²) in [5, 5.41) is 48.5. The van der Waals surface area contributed by atoms with Gasteiger partial charge in [-0.25, -0.2) is 37.2 Å². The SMILES string of the molecule is C=CC(=O)OCCCCCCOc1ccc(C(=O)Oc2ccc(C)cc2C(=O)O)cc1.C=CC(=O)OCCCCCCOc1ccc(C(=O)Oc2ccc(N=Nc3ccc(-c4ccc(N=NC)cc4SOO[O-])c(S(=O)(=O)[O-])c3)cc2C(=O)O)cc1.[Na+].[Na+]. The summed E-state index contributed by atoms with van der Waals surface area (Å²) in [6, 6.07) is 28.8. The molecule has 452 valence electrons. The normalized spacial score (nSPS) is 10.8. The van der Waals surface area contributed by atoms with Gasteiger partial charge in [-0.1, -0.05) is 36.9 Å². The molecule has 2 N–H and O–H groups in total. The van der Waals surface area contributed by atoms with E-state index in [0.29, 0.717) is 61.2 Å². The van der Waals surface area contributed by atoms with Gasteiger partial charge in [0.1, 0.15) is 44.2 Å². The number of nitrogens with zero attached hydrogens (tertiary/aromatic N) is 4. The molecule has 6 aromatic rings. The van der Waals surface area contributed by atoms with E-state index in [1.807, 2.05) is 0 Å². The Balaban J connectivity index is 0.000000522. The van der Waals surface area contributed by atoms with Gasteiger partial charge in [-0.15, -0.1) is 0 Å². The van der Waals surface area contributed by atoms with E-state index in [9.17, 15) is 57.2 Å². The molecule has 0 saturated heterocycles. The quantitative estimate of drug-likeness (QED) is 0.00482. The second-order valence-corrected chi connectivity index (χ2v) is 20.0. The van der Waals surface area contributed by atoms with E-state index in [1.165, 1.54) is 73.8 Å². The van der Waals surface area contributed by atoms with Crippen LogP contribution >= 0.6 is 12.0 Å². The number of esters is 4. The van der Waals surface area contributed by atoms with Gasteiger partial charge in [0.2, 0.25) is 0 Å². The fourth-order valence-electron chi connectivity index (χ4n) is 7.54. The van der Waals surface area contributed by atoms with Crippen molar-refractivity contribution in [3.8, 4) is 34.1 Å². The van der Waals surface area contributed by atoms with Crippen LogP contribution in [0.25, 0.3) is 11.1 Å². The second kappa shape index (κ2) is 39.5. The Morgan fingerprint density at radius 3 is 1.44 bits per heavy atom.